The Hall–Kier alpha value is -4.46. The number of benzene rings is 2. The van der Waals surface area contributed by atoms with E-state index >= 15 is 0 Å². The molecule has 0 fully saturated rings. The lowest BCUT2D eigenvalue weighted by Gasteiger charge is -2.24. The van der Waals surface area contributed by atoms with Crippen LogP contribution in [-0.2, 0) is 11.0 Å². The molecule has 0 N–H and O–H groups in total. The fourth-order valence-corrected chi connectivity index (χ4v) is 4.09. The van der Waals surface area contributed by atoms with Gasteiger partial charge in [0.05, 0.1) is 28.4 Å². The molecule has 1 aliphatic rings. The number of amidine groups is 1. The maximum Gasteiger partial charge on any atom is 0.416 e. The average Bonchev–Trinajstić information content (AvgIpc) is 3.15. The molecule has 0 radical (unpaired) electrons. The molecule has 3 aromatic rings. The van der Waals surface area contributed by atoms with Gasteiger partial charge in [-0.05, 0) is 63.2 Å². The highest BCUT2D eigenvalue weighted by molar-refractivity contribution is 6.11. The first-order valence-electron chi connectivity index (χ1n) is 11.2. The standard InChI is InChI=1S/C26H22F3N5O3/c1-15-21(22-32-25(3,4)14-33(22)19-10-8-17(13-30)9-11-19)31-23(37-16(2)35)24(36)34(15)20-7-5-6-18(12-20)26(27,28)29/h5-12H,14H2,1-4H3. The SMILES string of the molecule is CC(=O)Oc1nc(C2=NC(C)(C)CN2c2ccc(C#N)cc2)c(C)n(-c2cccc(C(F)(F)F)c2)c1=O. The monoisotopic (exact) mass is 509 g/mol. The maximum atomic E-state index is 13.4. The number of halogens is 3. The van der Waals surface area contributed by atoms with Crippen molar-refractivity contribution in [3.8, 4) is 17.6 Å². The lowest BCUT2D eigenvalue weighted by Crippen LogP contribution is -2.35. The van der Waals surface area contributed by atoms with E-state index in [0.29, 0.717) is 23.6 Å². The first-order valence-corrected chi connectivity index (χ1v) is 11.2. The van der Waals surface area contributed by atoms with Gasteiger partial charge in [0.15, 0.2) is 5.84 Å². The van der Waals surface area contributed by atoms with Crippen LogP contribution in [0.3, 0.4) is 0 Å². The highest BCUT2D eigenvalue weighted by Gasteiger charge is 2.36. The Morgan fingerprint density at radius 3 is 2.41 bits per heavy atom. The summed E-state index contributed by atoms with van der Waals surface area (Å²) in [6.07, 6.45) is -4.63. The Bertz CT molecular complexity index is 1520. The van der Waals surface area contributed by atoms with Crippen LogP contribution < -0.4 is 15.2 Å². The third-order valence-corrected chi connectivity index (χ3v) is 5.68. The van der Waals surface area contributed by atoms with Crippen molar-refractivity contribution in [2.75, 3.05) is 11.4 Å². The number of carbonyl (C=O) groups is 1. The van der Waals surface area contributed by atoms with Crippen LogP contribution in [0.4, 0.5) is 18.9 Å². The quantitative estimate of drug-likeness (QED) is 0.484. The predicted octanol–water partition coefficient (Wildman–Crippen LogP) is 4.40. The number of anilines is 1. The van der Waals surface area contributed by atoms with Gasteiger partial charge in [0.25, 0.3) is 5.88 Å². The van der Waals surface area contributed by atoms with Gasteiger partial charge in [-0.25, -0.2) is 4.98 Å². The summed E-state index contributed by atoms with van der Waals surface area (Å²) in [5.41, 5.74) is -0.979. The normalized spacial score (nSPS) is 14.8. The van der Waals surface area contributed by atoms with Crippen LogP contribution in [0.1, 0.15) is 43.3 Å². The molecule has 0 amide bonds. The molecule has 190 valence electrons. The zero-order valence-electron chi connectivity index (χ0n) is 20.4. The molecular formula is C26H22F3N5O3. The van der Waals surface area contributed by atoms with Gasteiger partial charge < -0.3 is 9.64 Å². The highest BCUT2D eigenvalue weighted by atomic mass is 19.4. The summed E-state index contributed by atoms with van der Waals surface area (Å²) in [5, 5.41) is 9.14. The van der Waals surface area contributed by atoms with E-state index in [1.165, 1.54) is 19.1 Å². The highest BCUT2D eigenvalue weighted by Crippen LogP contribution is 2.32. The molecule has 1 aliphatic heterocycles. The number of alkyl halides is 3. The molecular weight excluding hydrogens is 487 g/mol. The second-order valence-electron chi connectivity index (χ2n) is 9.13. The van der Waals surface area contributed by atoms with Crippen molar-refractivity contribution >= 4 is 17.5 Å². The van der Waals surface area contributed by atoms with E-state index in [2.05, 4.69) is 11.1 Å². The Morgan fingerprint density at radius 1 is 1.14 bits per heavy atom. The van der Waals surface area contributed by atoms with E-state index in [1.807, 2.05) is 18.7 Å². The largest absolute Gasteiger partial charge is 0.416 e. The van der Waals surface area contributed by atoms with Crippen LogP contribution in [0.2, 0.25) is 0 Å². The summed E-state index contributed by atoms with van der Waals surface area (Å²) in [6.45, 7) is 6.82. The van der Waals surface area contributed by atoms with Gasteiger partial charge in [-0.3, -0.25) is 19.1 Å². The van der Waals surface area contributed by atoms with Crippen LogP contribution in [0.15, 0.2) is 58.3 Å². The van der Waals surface area contributed by atoms with Crippen molar-refractivity contribution in [3.63, 3.8) is 0 Å². The van der Waals surface area contributed by atoms with Gasteiger partial charge in [0, 0.05) is 24.8 Å². The maximum absolute atomic E-state index is 13.4. The number of ether oxygens (including phenoxy) is 1. The molecule has 0 spiro atoms. The summed E-state index contributed by atoms with van der Waals surface area (Å²) in [4.78, 5) is 35.9. The second-order valence-corrected chi connectivity index (χ2v) is 9.13. The number of aromatic nitrogens is 2. The van der Waals surface area contributed by atoms with Crippen LogP contribution in [0.25, 0.3) is 5.69 Å². The van der Waals surface area contributed by atoms with Gasteiger partial charge in [0.1, 0.15) is 5.69 Å². The minimum Gasteiger partial charge on any atom is -0.402 e. The molecule has 8 nitrogen and oxygen atoms in total. The number of nitriles is 1. The van der Waals surface area contributed by atoms with Crippen molar-refractivity contribution in [2.45, 2.75) is 39.4 Å². The topological polar surface area (TPSA) is 101 Å². The van der Waals surface area contributed by atoms with Crippen LogP contribution in [0.5, 0.6) is 5.88 Å². The molecule has 0 atom stereocenters. The molecule has 2 heterocycles. The van der Waals surface area contributed by atoms with E-state index in [4.69, 9.17) is 15.0 Å². The summed E-state index contributed by atoms with van der Waals surface area (Å²) >= 11 is 0. The predicted molar refractivity (Wildman–Crippen MR) is 130 cm³/mol. The van der Waals surface area contributed by atoms with Gasteiger partial charge in [0.2, 0.25) is 0 Å². The van der Waals surface area contributed by atoms with Crippen LogP contribution in [-0.4, -0.2) is 33.4 Å². The molecule has 0 saturated carbocycles. The van der Waals surface area contributed by atoms with E-state index in [-0.39, 0.29) is 17.1 Å². The van der Waals surface area contributed by atoms with Gasteiger partial charge >= 0.3 is 17.7 Å². The number of rotatable bonds is 4. The molecule has 0 aliphatic carbocycles. The summed E-state index contributed by atoms with van der Waals surface area (Å²) in [5.74, 6) is -1.06. The number of nitrogens with zero attached hydrogens (tertiary/aromatic N) is 5. The lowest BCUT2D eigenvalue weighted by molar-refractivity contribution is -0.137. The second kappa shape index (κ2) is 9.20. The fraction of sp³-hybridized carbons (Fsp3) is 0.269. The number of aliphatic imine (C=N–C) groups is 1. The minimum absolute atomic E-state index is 0.0721. The Morgan fingerprint density at radius 2 is 1.81 bits per heavy atom. The first-order chi connectivity index (χ1) is 17.3. The van der Waals surface area contributed by atoms with Crippen molar-refractivity contribution < 1.29 is 22.7 Å². The zero-order chi connectivity index (χ0) is 27.1. The number of hydrogen-bond donors (Lipinski definition) is 0. The molecule has 2 aromatic carbocycles. The Labute approximate surface area is 210 Å². The van der Waals surface area contributed by atoms with Gasteiger partial charge in [-0.2, -0.15) is 18.4 Å². The van der Waals surface area contributed by atoms with Crippen molar-refractivity contribution in [1.29, 1.82) is 5.26 Å². The Balaban J connectivity index is 1.97. The van der Waals surface area contributed by atoms with Crippen LogP contribution in [0, 0.1) is 18.3 Å². The molecule has 11 heteroatoms. The van der Waals surface area contributed by atoms with Gasteiger partial charge in [-0.1, -0.05) is 6.07 Å². The third-order valence-electron chi connectivity index (χ3n) is 5.68. The third kappa shape index (κ3) is 5.09. The first kappa shape index (κ1) is 25.6. The number of hydrogen-bond acceptors (Lipinski definition) is 7. The van der Waals surface area contributed by atoms with E-state index in [1.54, 1.807) is 24.3 Å². The molecule has 1 aromatic heterocycles. The number of esters is 1. The zero-order valence-corrected chi connectivity index (χ0v) is 20.4. The molecule has 0 unspecified atom stereocenters. The Kier molecular flexibility index (Phi) is 6.37. The summed E-state index contributed by atoms with van der Waals surface area (Å²) < 4.78 is 46.4. The van der Waals surface area contributed by atoms with E-state index in [0.717, 1.165) is 23.6 Å². The molecule has 4 rings (SSSR count). The van der Waals surface area contributed by atoms with Crippen molar-refractivity contribution in [3.05, 3.63) is 81.4 Å². The average molecular weight is 509 g/mol. The minimum atomic E-state index is -4.63. The van der Waals surface area contributed by atoms with E-state index in [9.17, 15) is 22.8 Å². The van der Waals surface area contributed by atoms with Crippen LogP contribution >= 0.6 is 0 Å². The smallest absolute Gasteiger partial charge is 0.402 e. The summed E-state index contributed by atoms with van der Waals surface area (Å²) in [7, 11) is 0. The van der Waals surface area contributed by atoms with Crippen molar-refractivity contribution in [2.24, 2.45) is 4.99 Å². The van der Waals surface area contributed by atoms with Gasteiger partial charge in [-0.15, -0.1) is 0 Å². The van der Waals surface area contributed by atoms with E-state index < -0.39 is 34.7 Å². The number of carbonyl (C=O) groups excluding carboxylic acids is 1. The molecule has 0 saturated heterocycles. The molecule has 0 bridgehead atoms. The summed E-state index contributed by atoms with van der Waals surface area (Å²) in [6, 6.07) is 13.1. The van der Waals surface area contributed by atoms with Crippen molar-refractivity contribution in [1.82, 2.24) is 9.55 Å². The fourth-order valence-electron chi connectivity index (χ4n) is 4.09. The molecule has 37 heavy (non-hydrogen) atoms. The lowest BCUT2D eigenvalue weighted by atomic mass is 10.1.